The van der Waals surface area contributed by atoms with E-state index in [9.17, 15) is 29.2 Å². The van der Waals surface area contributed by atoms with Crippen molar-refractivity contribution in [2.24, 2.45) is 0 Å². The fourth-order valence-corrected chi connectivity index (χ4v) is 5.16. The first-order valence-corrected chi connectivity index (χ1v) is 13.2. The van der Waals surface area contributed by atoms with E-state index in [1.807, 2.05) is 4.98 Å². The van der Waals surface area contributed by atoms with Crippen molar-refractivity contribution in [1.82, 2.24) is 14.6 Å². The number of nitrogens with one attached hydrogen (secondary N) is 2. The lowest BCUT2D eigenvalue weighted by Crippen LogP contribution is -2.50. The fourth-order valence-electron chi connectivity index (χ4n) is 3.53. The van der Waals surface area contributed by atoms with E-state index in [1.54, 1.807) is 13.8 Å². The highest BCUT2D eigenvalue weighted by Crippen LogP contribution is 2.50. The molecule has 1 aromatic carbocycles. The van der Waals surface area contributed by atoms with Gasteiger partial charge in [-0.15, -0.1) is 0 Å². The standard InChI is InChI=1S/C22H28ClFN3O10P/c1-12(2)35-17(29)13(3)26-38(33,37-15-7-5-14(23)6-8-15)34-11-22(24)18(30)21(4,32)19(36-22)27-10-9-16(28)25-20(27)31/h5-10,12-13,18-19,30,32H,11H2,1-4H3,(H,26,33)(H,25,28,31). The van der Waals surface area contributed by atoms with Crippen molar-refractivity contribution in [1.29, 1.82) is 0 Å². The number of aliphatic hydroxyl groups excluding tert-OH is 1. The van der Waals surface area contributed by atoms with Gasteiger partial charge in [-0.2, -0.15) is 5.09 Å². The van der Waals surface area contributed by atoms with Crippen molar-refractivity contribution in [3.63, 3.8) is 0 Å². The van der Waals surface area contributed by atoms with Crippen molar-refractivity contribution in [3.05, 3.63) is 62.4 Å². The van der Waals surface area contributed by atoms with Crippen molar-refractivity contribution < 1.29 is 42.5 Å². The highest BCUT2D eigenvalue weighted by Gasteiger charge is 2.63. The molecule has 38 heavy (non-hydrogen) atoms. The number of esters is 1. The molecular formula is C22H28ClFN3O10P. The molecule has 6 atom stereocenters. The van der Waals surface area contributed by atoms with E-state index >= 15 is 4.39 Å². The lowest BCUT2D eigenvalue weighted by Gasteiger charge is -2.29. The number of aromatic amines is 1. The second kappa shape index (κ2) is 11.3. The highest BCUT2D eigenvalue weighted by atomic mass is 35.5. The van der Waals surface area contributed by atoms with Crippen LogP contribution in [0.3, 0.4) is 0 Å². The zero-order valence-corrected chi connectivity index (χ0v) is 22.4. The fraction of sp³-hybridized carbons (Fsp3) is 0.500. The van der Waals surface area contributed by atoms with Crippen LogP contribution < -0.4 is 20.9 Å². The van der Waals surface area contributed by atoms with Gasteiger partial charge in [-0.1, -0.05) is 11.6 Å². The van der Waals surface area contributed by atoms with Gasteiger partial charge in [-0.05, 0) is 52.0 Å². The number of hydrogen-bond acceptors (Lipinski definition) is 10. The van der Waals surface area contributed by atoms with E-state index in [-0.39, 0.29) is 5.75 Å². The molecule has 16 heteroatoms. The highest BCUT2D eigenvalue weighted by molar-refractivity contribution is 7.52. The number of carbonyl (C=O) groups is 1. The van der Waals surface area contributed by atoms with E-state index in [1.165, 1.54) is 31.2 Å². The molecule has 2 heterocycles. The monoisotopic (exact) mass is 579 g/mol. The molecule has 3 rings (SSSR count). The first-order chi connectivity index (χ1) is 17.6. The normalized spacial score (nSPS) is 27.6. The Hall–Kier alpha value is -2.58. The topological polar surface area (TPSA) is 178 Å². The Bertz CT molecular complexity index is 1320. The second-order valence-corrected chi connectivity index (χ2v) is 11.2. The van der Waals surface area contributed by atoms with Gasteiger partial charge in [0, 0.05) is 17.3 Å². The number of hydrogen-bond donors (Lipinski definition) is 4. The molecule has 0 aliphatic carbocycles. The number of aliphatic hydroxyl groups is 2. The number of benzene rings is 1. The van der Waals surface area contributed by atoms with E-state index in [0.717, 1.165) is 19.2 Å². The molecule has 0 spiro atoms. The van der Waals surface area contributed by atoms with Crippen LogP contribution in [-0.2, 0) is 23.4 Å². The van der Waals surface area contributed by atoms with Crippen LogP contribution in [-0.4, -0.2) is 62.0 Å². The predicted octanol–water partition coefficient (Wildman–Crippen LogP) is 1.63. The molecule has 2 aromatic rings. The molecule has 0 amide bonds. The van der Waals surface area contributed by atoms with Crippen LogP contribution in [0.4, 0.5) is 4.39 Å². The van der Waals surface area contributed by atoms with Crippen molar-refractivity contribution in [3.8, 4) is 5.75 Å². The quantitative estimate of drug-likeness (QED) is 0.237. The minimum atomic E-state index is -4.60. The third-order valence-electron chi connectivity index (χ3n) is 5.40. The third-order valence-corrected chi connectivity index (χ3v) is 7.28. The first-order valence-electron chi connectivity index (χ1n) is 11.3. The molecule has 0 radical (unpaired) electrons. The van der Waals surface area contributed by atoms with Crippen molar-refractivity contribution in [2.75, 3.05) is 6.61 Å². The summed E-state index contributed by atoms with van der Waals surface area (Å²) >= 11 is 5.86. The van der Waals surface area contributed by atoms with Crippen LogP contribution in [0.15, 0.2) is 46.1 Å². The summed E-state index contributed by atoms with van der Waals surface area (Å²) in [5.41, 5.74) is -4.21. The van der Waals surface area contributed by atoms with Crippen molar-refractivity contribution in [2.45, 2.75) is 63.6 Å². The van der Waals surface area contributed by atoms with Gasteiger partial charge in [-0.3, -0.25) is 23.7 Å². The van der Waals surface area contributed by atoms with Gasteiger partial charge < -0.3 is 24.2 Å². The van der Waals surface area contributed by atoms with Crippen LogP contribution in [0.5, 0.6) is 5.75 Å². The molecule has 4 N–H and O–H groups in total. The Morgan fingerprint density at radius 3 is 2.50 bits per heavy atom. The van der Waals surface area contributed by atoms with Crippen molar-refractivity contribution >= 4 is 25.3 Å². The molecule has 1 aliphatic rings. The molecule has 6 unspecified atom stereocenters. The molecule has 1 aliphatic heterocycles. The number of halogens is 2. The average molecular weight is 580 g/mol. The Morgan fingerprint density at radius 2 is 1.92 bits per heavy atom. The summed E-state index contributed by atoms with van der Waals surface area (Å²) in [6.45, 7) is 4.22. The number of alkyl halides is 1. The van der Waals surface area contributed by atoms with Crippen LogP contribution >= 0.6 is 19.3 Å². The zero-order chi connectivity index (χ0) is 28.5. The largest absolute Gasteiger partial charge is 0.462 e. The molecule has 1 fully saturated rings. The molecular weight excluding hydrogens is 552 g/mol. The summed E-state index contributed by atoms with van der Waals surface area (Å²) in [5, 5.41) is 24.0. The summed E-state index contributed by atoms with van der Waals surface area (Å²) < 4.78 is 51.1. The minimum Gasteiger partial charge on any atom is -0.462 e. The molecule has 0 saturated carbocycles. The first kappa shape index (κ1) is 30.0. The molecule has 0 bridgehead atoms. The molecule has 1 saturated heterocycles. The predicted molar refractivity (Wildman–Crippen MR) is 131 cm³/mol. The van der Waals surface area contributed by atoms with E-state index in [2.05, 4.69) is 5.09 Å². The van der Waals surface area contributed by atoms with Gasteiger partial charge in [0.25, 0.3) is 11.4 Å². The molecule has 210 valence electrons. The lowest BCUT2D eigenvalue weighted by atomic mass is 9.95. The number of H-pyrrole nitrogens is 1. The number of aromatic nitrogens is 2. The summed E-state index contributed by atoms with van der Waals surface area (Å²) in [5.74, 6) is -4.07. The smallest absolute Gasteiger partial charge is 0.459 e. The van der Waals surface area contributed by atoms with Gasteiger partial charge >= 0.3 is 19.4 Å². The Balaban J connectivity index is 1.87. The maximum absolute atomic E-state index is 15.9. The minimum absolute atomic E-state index is 0.0277. The molecule has 13 nitrogen and oxygen atoms in total. The zero-order valence-electron chi connectivity index (χ0n) is 20.8. The number of rotatable bonds is 10. The van der Waals surface area contributed by atoms with Crippen LogP contribution in [0.1, 0.15) is 33.9 Å². The Labute approximate surface area is 221 Å². The number of ether oxygens (including phenoxy) is 2. The summed E-state index contributed by atoms with van der Waals surface area (Å²) in [6.07, 6.45) is -3.69. The van der Waals surface area contributed by atoms with Gasteiger partial charge in [0.15, 0.2) is 6.23 Å². The van der Waals surface area contributed by atoms with Gasteiger partial charge in [0.2, 0.25) is 0 Å². The SMILES string of the molecule is CC(C)OC(=O)C(C)NP(=O)(OCC1(F)OC(n2ccc(=O)[nH]c2=O)C(C)(O)C1O)Oc1ccc(Cl)cc1. The van der Waals surface area contributed by atoms with Gasteiger partial charge in [0.05, 0.1) is 6.10 Å². The van der Waals surface area contributed by atoms with E-state index in [0.29, 0.717) is 9.59 Å². The third kappa shape index (κ3) is 6.70. The second-order valence-electron chi connectivity index (χ2n) is 9.05. The Kier molecular flexibility index (Phi) is 8.88. The summed E-state index contributed by atoms with van der Waals surface area (Å²) in [7, 11) is -4.60. The molecule has 1 aromatic heterocycles. The van der Waals surface area contributed by atoms with Crippen LogP contribution in [0.25, 0.3) is 0 Å². The van der Waals surface area contributed by atoms with E-state index < -0.39 is 67.5 Å². The lowest BCUT2D eigenvalue weighted by molar-refractivity contribution is -0.204. The van der Waals surface area contributed by atoms with Crippen LogP contribution in [0, 0.1) is 0 Å². The van der Waals surface area contributed by atoms with Gasteiger partial charge in [-0.25, -0.2) is 13.8 Å². The number of nitrogens with zero attached hydrogens (tertiary/aromatic N) is 1. The maximum atomic E-state index is 15.9. The Morgan fingerprint density at radius 1 is 1.29 bits per heavy atom. The average Bonchev–Trinajstić information content (AvgIpc) is 2.99. The van der Waals surface area contributed by atoms with Crippen LogP contribution in [0.2, 0.25) is 5.02 Å². The van der Waals surface area contributed by atoms with Gasteiger partial charge in [0.1, 0.15) is 30.1 Å². The number of carbonyl (C=O) groups excluding carboxylic acids is 1. The van der Waals surface area contributed by atoms with E-state index in [4.69, 9.17) is 30.1 Å². The summed E-state index contributed by atoms with van der Waals surface area (Å²) in [6, 6.07) is 5.19. The summed E-state index contributed by atoms with van der Waals surface area (Å²) in [4.78, 5) is 37.8. The maximum Gasteiger partial charge on any atom is 0.459 e.